The van der Waals surface area contributed by atoms with E-state index in [-0.39, 0.29) is 71.6 Å². The first-order valence-corrected chi connectivity index (χ1v) is 23.7. The number of pyridine rings is 1. The van der Waals surface area contributed by atoms with Gasteiger partial charge in [0.15, 0.2) is 0 Å². The van der Waals surface area contributed by atoms with Gasteiger partial charge in [-0.3, -0.25) is 9.55 Å². The van der Waals surface area contributed by atoms with Gasteiger partial charge < -0.3 is 5.11 Å². The van der Waals surface area contributed by atoms with Crippen LogP contribution < -0.4 is 0 Å². The molecule has 0 aliphatic heterocycles. The fraction of sp³-hybridized carbons (Fsp3) is 0.284. The number of fused-ring (bicyclic) bond motifs is 1. The largest absolute Gasteiger partial charge is 0.507 e. The number of phenols is 1. The molecule has 0 saturated carbocycles. The summed E-state index contributed by atoms with van der Waals surface area (Å²) in [7, 11) is 0. The minimum atomic E-state index is -3.86. The maximum atomic E-state index is 12.6. The fourth-order valence-corrected chi connectivity index (χ4v) is 8.89. The Morgan fingerprint density at radius 2 is 1.28 bits per heavy atom. The topological polar surface area (TPSA) is 50.9 Å². The zero-order valence-electron chi connectivity index (χ0n) is 60.2. The number of hydrogen-bond donors (Lipinski definition) is 1. The van der Waals surface area contributed by atoms with E-state index in [1.807, 2.05) is 116 Å². The number of hydrogen-bond acceptors (Lipinski definition) is 3. The number of aromatic nitrogens is 3. The second-order valence-corrected chi connectivity index (χ2v) is 20.8. The van der Waals surface area contributed by atoms with Crippen molar-refractivity contribution in [1.82, 2.24) is 14.5 Å². The zero-order valence-corrected chi connectivity index (χ0v) is 44.5. The summed E-state index contributed by atoms with van der Waals surface area (Å²) in [5.41, 5.74) is 1.98. The van der Waals surface area contributed by atoms with Gasteiger partial charge in [-0.25, -0.2) is 4.98 Å². The van der Waals surface area contributed by atoms with Crippen molar-refractivity contribution in [2.45, 2.75) is 125 Å². The molecule has 7 aromatic carbocycles. The van der Waals surface area contributed by atoms with Crippen molar-refractivity contribution in [2.75, 3.05) is 0 Å². The van der Waals surface area contributed by atoms with Crippen molar-refractivity contribution >= 4 is 11.0 Å². The molecule has 0 atom stereocenters. The predicted molar refractivity (Wildman–Crippen MR) is 301 cm³/mol. The van der Waals surface area contributed by atoms with Gasteiger partial charge in [-0.15, -0.1) is 29.3 Å². The van der Waals surface area contributed by atoms with E-state index in [1.54, 1.807) is 45.9 Å². The van der Waals surface area contributed by atoms with Crippen molar-refractivity contribution < 1.29 is 50.8 Å². The summed E-state index contributed by atoms with van der Waals surface area (Å²) in [5, 5.41) is 12.6. The molecule has 0 bridgehead atoms. The van der Waals surface area contributed by atoms with Gasteiger partial charge in [0.05, 0.1) is 27.8 Å². The average molecular weight is 1150 g/mol. The van der Waals surface area contributed by atoms with E-state index < -0.39 is 79.8 Å². The molecular weight excluding hydrogens is 1060 g/mol. The van der Waals surface area contributed by atoms with Crippen LogP contribution in [0.3, 0.4) is 0 Å². The van der Waals surface area contributed by atoms with Gasteiger partial charge in [0.2, 0.25) is 0 Å². The van der Waals surface area contributed by atoms with Crippen LogP contribution in [0.1, 0.15) is 160 Å². The van der Waals surface area contributed by atoms with E-state index in [1.165, 1.54) is 18.3 Å². The number of phenolic OH excluding ortho intramolecular Hbond substituents is 1. The smallest absolute Gasteiger partial charge is 0.148 e. The van der Waals surface area contributed by atoms with Crippen LogP contribution in [0, 0.1) is 12.9 Å². The molecule has 1 N–H and O–H groups in total. The Morgan fingerprint density at radius 3 is 1.92 bits per heavy atom. The molecule has 0 aliphatic carbocycles. The van der Waals surface area contributed by atoms with Crippen LogP contribution in [-0.4, -0.2) is 19.6 Å². The molecule has 370 valence electrons. The van der Waals surface area contributed by atoms with E-state index in [2.05, 4.69) is 26.8 Å². The molecule has 0 unspecified atom stereocenters. The molecule has 0 amide bonds. The molecular formula is C67H70N3OPt-. The number of aryl methyl sites for hydroxylation is 1. The van der Waals surface area contributed by atoms with Gasteiger partial charge >= 0.3 is 0 Å². The van der Waals surface area contributed by atoms with Crippen LogP contribution >= 0.6 is 0 Å². The van der Waals surface area contributed by atoms with Gasteiger partial charge in [-0.2, -0.15) is 0 Å². The summed E-state index contributed by atoms with van der Waals surface area (Å²) >= 11 is 0. The second-order valence-electron chi connectivity index (χ2n) is 20.8. The Bertz CT molecular complexity index is 4170. The monoisotopic (exact) mass is 1150 g/mol. The molecule has 0 spiro atoms. The Kier molecular flexibility index (Phi) is 9.24. The van der Waals surface area contributed by atoms with E-state index in [0.29, 0.717) is 55.7 Å². The number of para-hydroxylation sites is 1. The van der Waals surface area contributed by atoms with Crippen molar-refractivity contribution in [3.05, 3.63) is 191 Å². The fourth-order valence-electron chi connectivity index (χ4n) is 8.89. The Balaban J connectivity index is 0.0000105. The second kappa shape index (κ2) is 19.9. The van der Waals surface area contributed by atoms with Crippen LogP contribution in [0.5, 0.6) is 5.75 Å². The number of aromatic hydroxyl groups is 1. The first-order chi connectivity index (χ1) is 40.8. The van der Waals surface area contributed by atoms with Gasteiger partial charge in [-0.05, 0) is 121 Å². The first-order valence-electron chi connectivity index (χ1n) is 32.7. The van der Waals surface area contributed by atoms with Gasteiger partial charge in [0, 0.05) is 57.7 Å². The van der Waals surface area contributed by atoms with Gasteiger partial charge in [0.1, 0.15) is 11.6 Å². The minimum Gasteiger partial charge on any atom is -0.507 e. The van der Waals surface area contributed by atoms with Crippen molar-refractivity contribution in [3.63, 3.8) is 0 Å². The number of nitrogens with zero attached hydrogens (tertiary/aromatic N) is 3. The summed E-state index contributed by atoms with van der Waals surface area (Å²) in [6, 6.07) is 35.9. The third-order valence-corrected chi connectivity index (χ3v) is 13.0. The summed E-state index contributed by atoms with van der Waals surface area (Å²) in [6.07, 6.45) is 1.36. The maximum absolute atomic E-state index is 12.6. The molecule has 9 rings (SSSR count). The molecule has 5 heteroatoms. The Hall–Kier alpha value is -6.35. The van der Waals surface area contributed by atoms with E-state index in [4.69, 9.17) is 29.2 Å². The molecule has 4 nitrogen and oxygen atoms in total. The van der Waals surface area contributed by atoms with Crippen LogP contribution in [0.25, 0.3) is 83.9 Å². The summed E-state index contributed by atoms with van der Waals surface area (Å²) < 4.78 is 159. The summed E-state index contributed by atoms with van der Waals surface area (Å²) in [5.74, 6) is -2.72. The molecule has 9 aromatic rings. The summed E-state index contributed by atoms with van der Waals surface area (Å²) in [4.78, 5) is 10.1. The molecule has 2 aromatic heterocycles. The van der Waals surface area contributed by atoms with Crippen LogP contribution in [0.2, 0.25) is 0 Å². The summed E-state index contributed by atoms with van der Waals surface area (Å²) in [6.45, 7) is 4.78. The molecule has 0 fully saturated rings. The predicted octanol–water partition coefficient (Wildman–Crippen LogP) is 18.4. The van der Waals surface area contributed by atoms with Crippen molar-refractivity contribution in [3.8, 4) is 78.6 Å². The quantitative estimate of drug-likeness (QED) is 0.147. The molecule has 2 heterocycles. The van der Waals surface area contributed by atoms with Gasteiger partial charge in [-0.1, -0.05) is 204 Å². The van der Waals surface area contributed by atoms with E-state index in [9.17, 15) is 10.6 Å². The third-order valence-electron chi connectivity index (χ3n) is 13.0. The van der Waals surface area contributed by atoms with Crippen LogP contribution in [0.15, 0.2) is 152 Å². The maximum Gasteiger partial charge on any atom is 0.148 e. The number of benzene rings is 7. The Morgan fingerprint density at radius 1 is 0.597 bits per heavy atom. The van der Waals surface area contributed by atoms with Gasteiger partial charge in [0.25, 0.3) is 0 Å². The molecule has 0 aliphatic rings. The van der Waals surface area contributed by atoms with E-state index in [0.717, 1.165) is 16.7 Å². The van der Waals surface area contributed by atoms with E-state index >= 15 is 0 Å². The van der Waals surface area contributed by atoms with Crippen LogP contribution in [-0.2, 0) is 37.3 Å². The number of rotatable bonds is 9. The average Bonchev–Trinajstić information content (AvgIpc) is 0.715. The standard InChI is InChI=1S/C67H70N3O.Pt/c1-41(2)48-37-55(42(3)4)63(71)58(38-48)64-69-62-54(49-34-50(36-53(35-49)67(12,13)14)59-39-47(31-32-68-59)44-23-27-51(28-24-44)65(6,7)8)21-18-22-60(62)70(64)61-33-43(5)56(40-57(61)45-19-16-15-17-20-45)46-25-29-52(30-26-46)66(9,10)11;/h15-33,35-42,71H,1-14H3;/q-1;/i5D3,6D3,7D3,8D3,23D,24D,27D,28D,41D,42D;. The minimum absolute atomic E-state index is 0. The molecule has 72 heavy (non-hydrogen) atoms. The first kappa shape index (κ1) is 33.4. The third kappa shape index (κ3) is 10.3. The molecule has 0 saturated heterocycles. The van der Waals surface area contributed by atoms with Crippen molar-refractivity contribution in [1.29, 1.82) is 0 Å². The van der Waals surface area contributed by atoms with Crippen molar-refractivity contribution in [2.24, 2.45) is 0 Å². The normalized spacial score (nSPS) is 16.9. The SMILES string of the molecule is [2H]c1c([2H])c(C(C([2H])([2H])[2H])(C([2H])([2H])[2H])C([2H])([2H])[2H])c([2H])c([2H])c1-c1ccnc(-c2[c-]c(-c3cccc4c3nc(-c3cc(C([2H])(C)C)cc(C([2H])(C)C)c3O)n4-c3cc(C([2H])([2H])[2H])c(-c4ccc(C(C)(C)C)cc4)cc3-c3ccccc3)cc(C(C)(C)C)c2)c1.[Pt]. The van der Waals surface area contributed by atoms with Crippen LogP contribution in [0.4, 0.5) is 0 Å². The Labute approximate surface area is 469 Å². The zero-order chi connectivity index (χ0) is 66.1. The number of imidazole rings is 1. The molecule has 0 radical (unpaired) electrons.